The number of nitrogens with one attached hydrogen (secondary N) is 1. The van der Waals surface area contributed by atoms with E-state index in [0.29, 0.717) is 35.5 Å². The van der Waals surface area contributed by atoms with Gasteiger partial charge in [-0.05, 0) is 60.2 Å². The van der Waals surface area contributed by atoms with E-state index in [9.17, 15) is 9.59 Å². The SMILES string of the molecule is O=C(Nc1ccc(-c2nc(-c3ccc(Cl)cc3)no2)cc1)C1CC(=O)N(Cc2cccnc2)C1. The lowest BCUT2D eigenvalue weighted by molar-refractivity contribution is -0.128. The van der Waals surface area contributed by atoms with Crippen molar-refractivity contribution in [3.8, 4) is 22.8 Å². The molecule has 0 radical (unpaired) electrons. The highest BCUT2D eigenvalue weighted by Crippen LogP contribution is 2.26. The minimum Gasteiger partial charge on any atom is -0.337 e. The Balaban J connectivity index is 1.20. The number of carbonyl (C=O) groups excluding carboxylic acids is 2. The van der Waals surface area contributed by atoms with Crippen molar-refractivity contribution in [2.24, 2.45) is 5.92 Å². The van der Waals surface area contributed by atoms with Gasteiger partial charge < -0.3 is 14.7 Å². The van der Waals surface area contributed by atoms with Crippen LogP contribution >= 0.6 is 11.6 Å². The predicted molar refractivity (Wildman–Crippen MR) is 127 cm³/mol. The molecular formula is C25H20ClN5O3. The molecule has 1 aliphatic heterocycles. The number of carbonyl (C=O) groups is 2. The van der Waals surface area contributed by atoms with Crippen LogP contribution in [0.25, 0.3) is 22.8 Å². The molecule has 1 aliphatic rings. The van der Waals surface area contributed by atoms with Crippen molar-refractivity contribution in [3.63, 3.8) is 0 Å². The first kappa shape index (κ1) is 21.8. The van der Waals surface area contributed by atoms with Gasteiger partial charge in [0.2, 0.25) is 17.6 Å². The highest BCUT2D eigenvalue weighted by atomic mass is 35.5. The fourth-order valence-electron chi connectivity index (χ4n) is 3.81. The van der Waals surface area contributed by atoms with E-state index >= 15 is 0 Å². The molecule has 0 saturated carbocycles. The van der Waals surface area contributed by atoms with Gasteiger partial charge in [0.25, 0.3) is 5.89 Å². The van der Waals surface area contributed by atoms with Crippen LogP contribution in [0.5, 0.6) is 0 Å². The van der Waals surface area contributed by atoms with Crippen LogP contribution in [0.2, 0.25) is 5.02 Å². The summed E-state index contributed by atoms with van der Waals surface area (Å²) in [4.78, 5) is 35.3. The topological polar surface area (TPSA) is 101 Å². The molecule has 2 aromatic carbocycles. The molecule has 4 aromatic rings. The van der Waals surface area contributed by atoms with Crippen LogP contribution in [0.15, 0.2) is 77.6 Å². The van der Waals surface area contributed by atoms with Gasteiger partial charge in [-0.2, -0.15) is 4.98 Å². The van der Waals surface area contributed by atoms with E-state index < -0.39 is 5.92 Å². The third-order valence-electron chi connectivity index (χ3n) is 5.61. The molecular weight excluding hydrogens is 454 g/mol. The van der Waals surface area contributed by atoms with Gasteiger partial charge in [0.15, 0.2) is 0 Å². The zero-order chi connectivity index (χ0) is 23.5. The van der Waals surface area contributed by atoms with Crippen LogP contribution < -0.4 is 5.32 Å². The van der Waals surface area contributed by atoms with Crippen molar-refractivity contribution in [2.75, 3.05) is 11.9 Å². The lowest BCUT2D eigenvalue weighted by Crippen LogP contribution is -2.28. The van der Waals surface area contributed by atoms with E-state index in [0.717, 1.165) is 16.7 Å². The fourth-order valence-corrected chi connectivity index (χ4v) is 3.94. The summed E-state index contributed by atoms with van der Waals surface area (Å²) < 4.78 is 5.38. The molecule has 0 aliphatic carbocycles. The Kier molecular flexibility index (Phi) is 6.05. The number of halogens is 1. The van der Waals surface area contributed by atoms with Gasteiger partial charge in [0.05, 0.1) is 5.92 Å². The molecule has 9 heteroatoms. The van der Waals surface area contributed by atoms with Crippen LogP contribution in [-0.2, 0) is 16.1 Å². The minimum atomic E-state index is -0.401. The first-order chi connectivity index (χ1) is 16.5. The number of aromatic nitrogens is 3. The number of rotatable bonds is 6. The first-order valence-corrected chi connectivity index (χ1v) is 11.1. The fraction of sp³-hybridized carbons (Fsp3) is 0.160. The molecule has 170 valence electrons. The molecule has 5 rings (SSSR count). The number of hydrogen-bond acceptors (Lipinski definition) is 6. The highest BCUT2D eigenvalue weighted by Gasteiger charge is 2.34. The van der Waals surface area contributed by atoms with Gasteiger partial charge in [-0.15, -0.1) is 0 Å². The summed E-state index contributed by atoms with van der Waals surface area (Å²) >= 11 is 5.92. The summed E-state index contributed by atoms with van der Waals surface area (Å²) in [6, 6.07) is 18.0. The Bertz CT molecular complexity index is 1310. The van der Waals surface area contributed by atoms with Crippen molar-refractivity contribution < 1.29 is 14.1 Å². The Labute approximate surface area is 200 Å². The van der Waals surface area contributed by atoms with Crippen molar-refractivity contribution >= 4 is 29.1 Å². The Hall–Kier alpha value is -4.04. The summed E-state index contributed by atoms with van der Waals surface area (Å²) in [5.74, 6) is 0.215. The zero-order valence-corrected chi connectivity index (χ0v) is 18.8. The zero-order valence-electron chi connectivity index (χ0n) is 18.0. The summed E-state index contributed by atoms with van der Waals surface area (Å²) in [7, 11) is 0. The third kappa shape index (κ3) is 4.82. The number of likely N-dealkylation sites (tertiary alicyclic amines) is 1. The second kappa shape index (κ2) is 9.44. The molecule has 3 heterocycles. The molecule has 2 amide bonds. The molecule has 1 atom stereocenters. The number of hydrogen-bond donors (Lipinski definition) is 1. The Morgan fingerprint density at radius 3 is 2.59 bits per heavy atom. The predicted octanol–water partition coefficient (Wildman–Crippen LogP) is 4.44. The molecule has 8 nitrogen and oxygen atoms in total. The van der Waals surface area contributed by atoms with Crippen LogP contribution in [-0.4, -0.2) is 38.4 Å². The monoisotopic (exact) mass is 473 g/mol. The van der Waals surface area contributed by atoms with E-state index in [1.54, 1.807) is 53.7 Å². The maximum atomic E-state index is 12.7. The van der Waals surface area contributed by atoms with Gasteiger partial charge in [-0.1, -0.05) is 22.8 Å². The van der Waals surface area contributed by atoms with E-state index in [-0.39, 0.29) is 18.2 Å². The van der Waals surface area contributed by atoms with Gasteiger partial charge >= 0.3 is 0 Å². The number of pyridine rings is 1. The van der Waals surface area contributed by atoms with Gasteiger partial charge in [-0.25, -0.2) is 0 Å². The summed E-state index contributed by atoms with van der Waals surface area (Å²) in [5.41, 5.74) is 3.09. The van der Waals surface area contributed by atoms with Crippen LogP contribution in [0, 0.1) is 5.92 Å². The van der Waals surface area contributed by atoms with Crippen molar-refractivity contribution in [2.45, 2.75) is 13.0 Å². The average Bonchev–Trinajstić information content (AvgIpc) is 3.48. The molecule has 1 fully saturated rings. The smallest absolute Gasteiger partial charge is 0.258 e. The quantitative estimate of drug-likeness (QED) is 0.444. The molecule has 0 spiro atoms. The van der Waals surface area contributed by atoms with E-state index in [4.69, 9.17) is 16.1 Å². The lowest BCUT2D eigenvalue weighted by atomic mass is 10.1. The maximum absolute atomic E-state index is 12.7. The molecule has 2 aromatic heterocycles. The third-order valence-corrected chi connectivity index (χ3v) is 5.86. The summed E-state index contributed by atoms with van der Waals surface area (Å²) in [6.07, 6.45) is 3.61. The maximum Gasteiger partial charge on any atom is 0.258 e. The van der Waals surface area contributed by atoms with Crippen molar-refractivity contribution in [3.05, 3.63) is 83.6 Å². The molecule has 1 saturated heterocycles. The molecule has 1 N–H and O–H groups in total. The van der Waals surface area contributed by atoms with Crippen LogP contribution in [0.4, 0.5) is 5.69 Å². The molecule has 1 unspecified atom stereocenters. The Morgan fingerprint density at radius 2 is 1.85 bits per heavy atom. The lowest BCUT2D eigenvalue weighted by Gasteiger charge is -2.16. The number of anilines is 1. The number of benzene rings is 2. The molecule has 34 heavy (non-hydrogen) atoms. The van der Waals surface area contributed by atoms with E-state index in [1.807, 2.05) is 24.3 Å². The molecule has 0 bridgehead atoms. The first-order valence-electron chi connectivity index (χ1n) is 10.7. The van der Waals surface area contributed by atoms with Crippen LogP contribution in [0.3, 0.4) is 0 Å². The number of nitrogens with zero attached hydrogens (tertiary/aromatic N) is 4. The summed E-state index contributed by atoms with van der Waals surface area (Å²) in [6.45, 7) is 0.834. The van der Waals surface area contributed by atoms with Crippen molar-refractivity contribution in [1.82, 2.24) is 20.0 Å². The standard InChI is InChI=1S/C25H20ClN5O3/c26-20-7-3-17(4-8-20)23-29-25(34-30-23)18-5-9-21(10-6-18)28-24(33)19-12-22(32)31(15-19)14-16-2-1-11-27-13-16/h1-11,13,19H,12,14-15H2,(H,28,33). The summed E-state index contributed by atoms with van der Waals surface area (Å²) in [5, 5.41) is 7.55. The second-order valence-electron chi connectivity index (χ2n) is 8.03. The largest absolute Gasteiger partial charge is 0.337 e. The van der Waals surface area contributed by atoms with Crippen LogP contribution in [0.1, 0.15) is 12.0 Å². The Morgan fingerprint density at radius 1 is 1.09 bits per heavy atom. The van der Waals surface area contributed by atoms with E-state index in [1.165, 1.54) is 0 Å². The van der Waals surface area contributed by atoms with Gasteiger partial charge in [-0.3, -0.25) is 14.6 Å². The second-order valence-corrected chi connectivity index (χ2v) is 8.47. The highest BCUT2D eigenvalue weighted by molar-refractivity contribution is 6.30. The average molecular weight is 474 g/mol. The van der Waals surface area contributed by atoms with E-state index in [2.05, 4.69) is 20.4 Å². The van der Waals surface area contributed by atoms with Gasteiger partial charge in [0, 0.05) is 53.7 Å². The minimum absolute atomic E-state index is 0.0350. The van der Waals surface area contributed by atoms with Gasteiger partial charge in [0.1, 0.15) is 0 Å². The number of amides is 2. The van der Waals surface area contributed by atoms with Crippen molar-refractivity contribution in [1.29, 1.82) is 0 Å². The normalized spacial score (nSPS) is 15.5.